The van der Waals surface area contributed by atoms with Gasteiger partial charge >= 0.3 is 11.9 Å². The third kappa shape index (κ3) is 21.1. The monoisotopic (exact) mass is 1310 g/mol. The van der Waals surface area contributed by atoms with Gasteiger partial charge in [-0.15, -0.1) is 0 Å². The van der Waals surface area contributed by atoms with E-state index in [0.29, 0.717) is 21.9 Å². The number of aliphatic hydroxyl groups is 3. The molecule has 3 saturated heterocycles. The number of hydrogen-bond donors (Lipinski definition) is 9. The van der Waals surface area contributed by atoms with E-state index in [0.717, 1.165) is 10.5 Å². The summed E-state index contributed by atoms with van der Waals surface area (Å²) in [6.45, 7) is 11.0. The molecular formula is C64H88ClN7O20. The van der Waals surface area contributed by atoms with Gasteiger partial charge in [-0.05, 0) is 79.8 Å². The molecule has 0 spiro atoms. The number of Topliss-reactive ketones (excluding diaryl/α,β-unsaturated/α-hetero) is 1. The first-order valence-electron chi connectivity index (χ1n) is 30.9. The predicted octanol–water partition coefficient (Wildman–Crippen LogP) is 1.60. The SMILES string of the molecule is COc1ccc(C[C@H]2NC(=O)/C=C/C[C@@H]([C@H](C)[C@H]3O[C@@H]3c3ccc(CNC(=O)[C@H](CCC(=O)NC[C@H]4O[C@@H](OC)[C@H](O)[C@@H](O)[C@@H]4O)NC(=O)[C@@H](NC(=O)CCCC(=O)CN4C(=O)CCC4=O)C(C)C)cc3)OC(=O)[C@H](CC(C)C)OC(=O)C(C)(C)CNC2=O)cc1Cl. The van der Waals surface area contributed by atoms with Gasteiger partial charge in [-0.3, -0.25) is 52.8 Å². The van der Waals surface area contributed by atoms with Gasteiger partial charge in [0.2, 0.25) is 47.3 Å². The predicted molar refractivity (Wildman–Crippen MR) is 328 cm³/mol. The van der Waals surface area contributed by atoms with Crippen molar-refractivity contribution in [3.63, 3.8) is 0 Å². The van der Waals surface area contributed by atoms with Crippen LogP contribution in [0.1, 0.15) is 129 Å². The maximum absolute atomic E-state index is 14.1. The summed E-state index contributed by atoms with van der Waals surface area (Å²) < 4.78 is 34.1. The number of epoxide rings is 1. The Balaban J connectivity index is 1.12. The molecule has 506 valence electrons. The summed E-state index contributed by atoms with van der Waals surface area (Å²) in [5, 5.41) is 47.5. The van der Waals surface area contributed by atoms with E-state index in [1.165, 1.54) is 26.4 Å². The smallest absolute Gasteiger partial charge is 0.347 e. The van der Waals surface area contributed by atoms with Crippen LogP contribution >= 0.6 is 11.6 Å². The third-order valence-corrected chi connectivity index (χ3v) is 16.7. The van der Waals surface area contributed by atoms with Crippen molar-refractivity contribution in [1.29, 1.82) is 0 Å². The lowest BCUT2D eigenvalue weighted by Crippen LogP contribution is -2.60. The molecule has 28 heteroatoms. The lowest BCUT2D eigenvalue weighted by Gasteiger charge is -2.39. The molecule has 2 aromatic rings. The number of nitrogens with zero attached hydrogens (tertiary/aromatic N) is 1. The van der Waals surface area contributed by atoms with Crippen molar-refractivity contribution in [3.8, 4) is 5.75 Å². The van der Waals surface area contributed by atoms with Crippen molar-refractivity contribution in [3.05, 3.63) is 76.3 Å². The molecule has 9 N–H and O–H groups in total. The van der Waals surface area contributed by atoms with E-state index in [2.05, 4.69) is 31.9 Å². The van der Waals surface area contributed by atoms with Crippen LogP contribution in [-0.4, -0.2) is 186 Å². The number of likely N-dealkylation sites (tertiary alicyclic amines) is 1. The van der Waals surface area contributed by atoms with Crippen molar-refractivity contribution < 1.29 is 96.5 Å². The Kier molecular flexibility index (Phi) is 27.2. The van der Waals surface area contributed by atoms with Gasteiger partial charge in [-0.25, -0.2) is 4.79 Å². The molecule has 0 aromatic heterocycles. The molecule has 0 bridgehead atoms. The average molecular weight is 1310 g/mol. The summed E-state index contributed by atoms with van der Waals surface area (Å²) in [5.41, 5.74) is 0.644. The number of cyclic esters (lactones) is 2. The lowest BCUT2D eigenvalue weighted by molar-refractivity contribution is -0.288. The number of aliphatic hydroxyl groups excluding tert-OH is 3. The van der Waals surface area contributed by atoms with Gasteiger partial charge in [0, 0.05) is 77.6 Å². The van der Waals surface area contributed by atoms with Gasteiger partial charge in [0.1, 0.15) is 60.5 Å². The average Bonchev–Trinajstić information content (AvgIpc) is 1.63. The third-order valence-electron chi connectivity index (χ3n) is 16.4. The molecular weight excluding hydrogens is 1220 g/mol. The summed E-state index contributed by atoms with van der Waals surface area (Å²) in [6.07, 6.45) is -8.31. The minimum atomic E-state index is -1.65. The van der Waals surface area contributed by atoms with Gasteiger partial charge in [0.25, 0.3) is 0 Å². The first kappa shape index (κ1) is 73.6. The van der Waals surface area contributed by atoms with Gasteiger partial charge in [-0.1, -0.05) is 82.6 Å². The summed E-state index contributed by atoms with van der Waals surface area (Å²) in [5.74, 6) is -7.41. The fraction of sp³-hybridized carbons (Fsp3) is 0.609. The number of amides is 8. The zero-order valence-electron chi connectivity index (χ0n) is 53.4. The number of imide groups is 1. The molecule has 4 aliphatic rings. The normalized spacial score (nSPS) is 25.9. The van der Waals surface area contributed by atoms with Crippen LogP contribution < -0.4 is 36.6 Å². The topological polar surface area (TPSA) is 383 Å². The highest BCUT2D eigenvalue weighted by molar-refractivity contribution is 6.32. The van der Waals surface area contributed by atoms with Gasteiger partial charge < -0.3 is 75.6 Å². The minimum Gasteiger partial charge on any atom is -0.495 e. The van der Waals surface area contributed by atoms with Crippen molar-refractivity contribution >= 4 is 76.6 Å². The van der Waals surface area contributed by atoms with Crippen molar-refractivity contribution in [2.45, 2.75) is 192 Å². The second kappa shape index (κ2) is 34.0. The molecule has 8 amide bonds. The van der Waals surface area contributed by atoms with Crippen LogP contribution in [0.5, 0.6) is 5.75 Å². The van der Waals surface area contributed by atoms with Crippen molar-refractivity contribution in [2.24, 2.45) is 23.2 Å². The fourth-order valence-corrected chi connectivity index (χ4v) is 10.9. The molecule has 6 rings (SSSR count). The number of rotatable bonds is 27. The van der Waals surface area contributed by atoms with Crippen LogP contribution in [-0.2, 0) is 89.4 Å². The second-order valence-electron chi connectivity index (χ2n) is 25.0. The molecule has 0 unspecified atom stereocenters. The van der Waals surface area contributed by atoms with Crippen LogP contribution in [0.2, 0.25) is 5.02 Å². The lowest BCUT2D eigenvalue weighted by atomic mass is 9.92. The maximum Gasteiger partial charge on any atom is 0.347 e. The molecule has 0 aliphatic carbocycles. The number of ketones is 1. The Labute approximate surface area is 539 Å². The van der Waals surface area contributed by atoms with Gasteiger partial charge in [-0.2, -0.15) is 0 Å². The Morgan fingerprint density at radius 2 is 1.49 bits per heavy atom. The van der Waals surface area contributed by atoms with E-state index in [1.807, 2.05) is 20.8 Å². The van der Waals surface area contributed by atoms with Crippen LogP contribution in [0, 0.1) is 23.2 Å². The van der Waals surface area contributed by atoms with Crippen LogP contribution in [0.25, 0.3) is 0 Å². The Hall–Kier alpha value is -7.40. The number of nitrogens with one attached hydrogen (secondary N) is 6. The van der Waals surface area contributed by atoms with E-state index < -0.39 is 155 Å². The van der Waals surface area contributed by atoms with E-state index in [9.17, 15) is 68.1 Å². The number of benzene rings is 2. The standard InChI is InChI=1S/C64H88ClN7O20/c1-33(2)26-45-61(85)89-43(13-11-15-48(75)69-42(28-37-18-22-44(87-8)40(65)27-37)59(83)68-32-64(6,7)63(86)91-45)35(5)56-57(92-56)38-19-16-36(17-20-38)29-67-58(82)41(21-23-47(74)66-30-46-53(79)54(80)55(81)62(88-9)90-46)70-60(84)52(34(3)4)71-49(76)14-10-12-39(73)31-72-50(77)24-25-51(72)78/h11,15-20,22,27,33-35,41-43,45-46,52-57,62,79-81H,10,12-14,21,23-26,28-32H2,1-9H3,(H,66,74)(H,67,82)(H,68,83)(H,69,75)(H,70,84)(H,71,76)/b15-11+/t35-,41-,42+,43-,45-,46+,52-,53+,54-,55+,56+,57+,62+/m0/s1. The largest absolute Gasteiger partial charge is 0.495 e. The molecule has 0 radical (unpaired) electrons. The molecule has 2 aromatic carbocycles. The van der Waals surface area contributed by atoms with Crippen molar-refractivity contribution in [2.75, 3.05) is 33.9 Å². The Bertz CT molecular complexity index is 3000. The molecule has 3 fully saturated rings. The minimum absolute atomic E-state index is 0.0220. The highest BCUT2D eigenvalue weighted by Crippen LogP contribution is 2.45. The molecule has 4 heterocycles. The summed E-state index contributed by atoms with van der Waals surface area (Å²) in [4.78, 5) is 147. The quantitative estimate of drug-likeness (QED) is 0.0348. The van der Waals surface area contributed by atoms with Gasteiger partial charge in [0.05, 0.1) is 30.2 Å². The highest BCUT2D eigenvalue weighted by Gasteiger charge is 2.49. The van der Waals surface area contributed by atoms with Gasteiger partial charge in [0.15, 0.2) is 18.2 Å². The van der Waals surface area contributed by atoms with Crippen LogP contribution in [0.15, 0.2) is 54.6 Å². The summed E-state index contributed by atoms with van der Waals surface area (Å²) in [6, 6.07) is 8.40. The molecule has 0 saturated carbocycles. The maximum atomic E-state index is 14.1. The fourth-order valence-electron chi connectivity index (χ4n) is 10.6. The van der Waals surface area contributed by atoms with Crippen LogP contribution in [0.4, 0.5) is 0 Å². The molecule has 4 aliphatic heterocycles. The number of ether oxygens (including phenoxy) is 6. The zero-order chi connectivity index (χ0) is 67.7. The van der Waals surface area contributed by atoms with Crippen molar-refractivity contribution in [1.82, 2.24) is 36.8 Å². The first-order chi connectivity index (χ1) is 43.5. The number of hydrogen-bond acceptors (Lipinski definition) is 20. The summed E-state index contributed by atoms with van der Waals surface area (Å²) in [7, 11) is 2.69. The highest BCUT2D eigenvalue weighted by atomic mass is 35.5. The molecule has 13 atom stereocenters. The number of esters is 2. The number of carbonyl (C=O) groups is 11. The first-order valence-corrected chi connectivity index (χ1v) is 31.3. The Morgan fingerprint density at radius 1 is 0.804 bits per heavy atom. The Morgan fingerprint density at radius 3 is 2.13 bits per heavy atom. The van der Waals surface area contributed by atoms with E-state index in [-0.39, 0.29) is 96.3 Å². The molecule has 92 heavy (non-hydrogen) atoms. The number of carbonyl (C=O) groups excluding carboxylic acids is 11. The number of halogens is 1. The number of methoxy groups -OCH3 is 2. The van der Waals surface area contributed by atoms with E-state index in [1.54, 1.807) is 70.2 Å². The van der Waals surface area contributed by atoms with E-state index >= 15 is 0 Å². The zero-order valence-corrected chi connectivity index (χ0v) is 54.1. The van der Waals surface area contributed by atoms with Crippen LogP contribution in [0.3, 0.4) is 0 Å². The second-order valence-corrected chi connectivity index (χ2v) is 25.4. The van der Waals surface area contributed by atoms with E-state index in [4.69, 9.17) is 40.0 Å². The summed E-state index contributed by atoms with van der Waals surface area (Å²) >= 11 is 6.39. The molecule has 27 nitrogen and oxygen atoms in total.